The Morgan fingerprint density at radius 1 is 1.25 bits per heavy atom. The fourth-order valence-corrected chi connectivity index (χ4v) is 2.85. The Morgan fingerprint density at radius 3 is 2.62 bits per heavy atom. The standard InChI is InChI=1S/C16H20F3N3O2/c1-2-22-9-5-6-11(22)10-20-14(23)15(24)21-13-8-4-3-7-12(13)16(17,18)19/h3-4,7-8,11H,2,5-6,9-10H2,1H3,(H,20,23)(H,21,24)/t11-/m1/s1. The number of rotatable bonds is 4. The first-order chi connectivity index (χ1) is 11.3. The lowest BCUT2D eigenvalue weighted by Crippen LogP contribution is -2.43. The molecule has 0 radical (unpaired) electrons. The number of anilines is 1. The summed E-state index contributed by atoms with van der Waals surface area (Å²) in [5.74, 6) is -2.04. The van der Waals surface area contributed by atoms with E-state index >= 15 is 0 Å². The van der Waals surface area contributed by atoms with Crippen molar-refractivity contribution in [2.45, 2.75) is 32.0 Å². The SMILES string of the molecule is CCN1CCC[C@@H]1CNC(=O)C(=O)Nc1ccccc1C(F)(F)F. The van der Waals surface area contributed by atoms with Gasteiger partial charge < -0.3 is 10.6 Å². The molecule has 0 aromatic heterocycles. The maximum atomic E-state index is 12.9. The van der Waals surface area contributed by atoms with Gasteiger partial charge in [-0.3, -0.25) is 14.5 Å². The number of hydrogen-bond acceptors (Lipinski definition) is 3. The second-order valence-corrected chi connectivity index (χ2v) is 5.63. The van der Waals surface area contributed by atoms with Crippen LogP contribution in [0.4, 0.5) is 18.9 Å². The summed E-state index contributed by atoms with van der Waals surface area (Å²) in [6.45, 7) is 4.12. The number of likely N-dealkylation sites (tertiary alicyclic amines) is 1. The van der Waals surface area contributed by atoms with Crippen LogP contribution in [-0.2, 0) is 15.8 Å². The minimum absolute atomic E-state index is 0.161. The zero-order chi connectivity index (χ0) is 17.7. The van der Waals surface area contributed by atoms with Gasteiger partial charge in [-0.15, -0.1) is 0 Å². The molecular weight excluding hydrogens is 323 g/mol. The molecule has 1 fully saturated rings. The van der Waals surface area contributed by atoms with Gasteiger partial charge in [-0.05, 0) is 38.1 Å². The van der Waals surface area contributed by atoms with E-state index in [4.69, 9.17) is 0 Å². The molecule has 1 aromatic carbocycles. The summed E-state index contributed by atoms with van der Waals surface area (Å²) in [7, 11) is 0. The zero-order valence-corrected chi connectivity index (χ0v) is 13.3. The maximum Gasteiger partial charge on any atom is 0.418 e. The van der Waals surface area contributed by atoms with Crippen molar-refractivity contribution in [3.8, 4) is 0 Å². The molecule has 8 heteroatoms. The number of amides is 2. The Hall–Kier alpha value is -2.09. The first-order valence-electron chi connectivity index (χ1n) is 7.82. The summed E-state index contributed by atoms with van der Waals surface area (Å²) in [5, 5.41) is 4.53. The molecule has 0 saturated carbocycles. The number of nitrogens with one attached hydrogen (secondary N) is 2. The van der Waals surface area contributed by atoms with Crippen LogP contribution in [0.3, 0.4) is 0 Å². The predicted molar refractivity (Wildman–Crippen MR) is 83.4 cm³/mol. The van der Waals surface area contributed by atoms with E-state index in [0.29, 0.717) is 6.54 Å². The molecule has 1 saturated heterocycles. The third-order valence-electron chi connectivity index (χ3n) is 4.09. The van der Waals surface area contributed by atoms with Crippen molar-refractivity contribution in [3.63, 3.8) is 0 Å². The third kappa shape index (κ3) is 4.47. The fourth-order valence-electron chi connectivity index (χ4n) is 2.85. The van der Waals surface area contributed by atoms with E-state index in [9.17, 15) is 22.8 Å². The average molecular weight is 343 g/mol. The van der Waals surface area contributed by atoms with Crippen molar-refractivity contribution < 1.29 is 22.8 Å². The lowest BCUT2D eigenvalue weighted by molar-refractivity contribution is -0.138. The van der Waals surface area contributed by atoms with Crippen LogP contribution >= 0.6 is 0 Å². The maximum absolute atomic E-state index is 12.9. The molecule has 5 nitrogen and oxygen atoms in total. The number of para-hydroxylation sites is 1. The number of halogens is 3. The predicted octanol–water partition coefficient (Wildman–Crippen LogP) is 2.24. The molecular formula is C16H20F3N3O2. The van der Waals surface area contributed by atoms with Crippen LogP contribution in [0, 0.1) is 0 Å². The molecule has 1 aromatic rings. The van der Waals surface area contributed by atoms with Crippen LogP contribution in [-0.4, -0.2) is 42.4 Å². The fraction of sp³-hybridized carbons (Fsp3) is 0.500. The van der Waals surface area contributed by atoms with Crippen LogP contribution in [0.1, 0.15) is 25.3 Å². The van der Waals surface area contributed by atoms with Crippen molar-refractivity contribution in [1.82, 2.24) is 10.2 Å². The van der Waals surface area contributed by atoms with Crippen molar-refractivity contribution >= 4 is 17.5 Å². The molecule has 1 aliphatic heterocycles. The minimum Gasteiger partial charge on any atom is -0.346 e. The summed E-state index contributed by atoms with van der Waals surface area (Å²) >= 11 is 0. The zero-order valence-electron chi connectivity index (χ0n) is 13.3. The highest BCUT2D eigenvalue weighted by molar-refractivity contribution is 6.39. The molecule has 1 heterocycles. The van der Waals surface area contributed by atoms with Gasteiger partial charge in [0.2, 0.25) is 0 Å². The van der Waals surface area contributed by atoms with Gasteiger partial charge in [0.1, 0.15) is 0 Å². The van der Waals surface area contributed by atoms with Gasteiger partial charge in [0, 0.05) is 12.6 Å². The second kappa shape index (κ2) is 7.65. The minimum atomic E-state index is -4.61. The van der Waals surface area contributed by atoms with Gasteiger partial charge in [0.05, 0.1) is 11.3 Å². The molecule has 2 amide bonds. The Bertz CT molecular complexity index is 604. The number of carbonyl (C=O) groups excluding carboxylic acids is 2. The third-order valence-corrected chi connectivity index (χ3v) is 4.09. The Labute approximate surface area is 138 Å². The molecule has 0 bridgehead atoms. The quantitative estimate of drug-likeness (QED) is 0.825. The number of nitrogens with zero attached hydrogens (tertiary/aromatic N) is 1. The number of likely N-dealkylation sites (N-methyl/N-ethyl adjacent to an activating group) is 1. The molecule has 2 rings (SSSR count). The highest BCUT2D eigenvalue weighted by Crippen LogP contribution is 2.34. The van der Waals surface area contributed by atoms with Gasteiger partial charge in [0.15, 0.2) is 0 Å². The van der Waals surface area contributed by atoms with E-state index in [1.807, 2.05) is 12.2 Å². The van der Waals surface area contributed by atoms with Crippen molar-refractivity contribution in [2.24, 2.45) is 0 Å². The number of hydrogen-bond donors (Lipinski definition) is 2. The van der Waals surface area contributed by atoms with Gasteiger partial charge in [-0.25, -0.2) is 0 Å². The topological polar surface area (TPSA) is 61.4 Å². The van der Waals surface area contributed by atoms with E-state index in [1.165, 1.54) is 12.1 Å². The number of benzene rings is 1. The van der Waals surface area contributed by atoms with Crippen LogP contribution in [0.15, 0.2) is 24.3 Å². The van der Waals surface area contributed by atoms with E-state index in [1.54, 1.807) is 0 Å². The lowest BCUT2D eigenvalue weighted by atomic mass is 10.1. The first-order valence-corrected chi connectivity index (χ1v) is 7.82. The molecule has 24 heavy (non-hydrogen) atoms. The van der Waals surface area contributed by atoms with E-state index in [-0.39, 0.29) is 6.04 Å². The highest BCUT2D eigenvalue weighted by atomic mass is 19.4. The normalized spacial score (nSPS) is 18.4. The van der Waals surface area contributed by atoms with Crippen molar-refractivity contribution in [1.29, 1.82) is 0 Å². The summed E-state index contributed by atoms with van der Waals surface area (Å²) in [6, 6.07) is 4.71. The largest absolute Gasteiger partial charge is 0.418 e. The molecule has 1 atom stereocenters. The Balaban J connectivity index is 1.94. The Morgan fingerprint density at radius 2 is 1.96 bits per heavy atom. The first kappa shape index (κ1) is 18.3. The second-order valence-electron chi connectivity index (χ2n) is 5.63. The number of alkyl halides is 3. The summed E-state index contributed by atoms with van der Waals surface area (Å²) in [5.41, 5.74) is -1.42. The van der Waals surface area contributed by atoms with Crippen LogP contribution in [0.2, 0.25) is 0 Å². The molecule has 0 spiro atoms. The molecule has 2 N–H and O–H groups in total. The number of carbonyl (C=O) groups is 2. The lowest BCUT2D eigenvalue weighted by Gasteiger charge is -2.22. The highest BCUT2D eigenvalue weighted by Gasteiger charge is 2.34. The summed E-state index contributed by atoms with van der Waals surface area (Å²) < 4.78 is 38.6. The summed E-state index contributed by atoms with van der Waals surface area (Å²) in [4.78, 5) is 25.9. The van der Waals surface area contributed by atoms with Crippen molar-refractivity contribution in [3.05, 3.63) is 29.8 Å². The molecule has 1 aliphatic rings. The smallest absolute Gasteiger partial charge is 0.346 e. The van der Waals surface area contributed by atoms with E-state index < -0.39 is 29.2 Å². The average Bonchev–Trinajstić information content (AvgIpc) is 2.99. The Kier molecular flexibility index (Phi) is 5.82. The van der Waals surface area contributed by atoms with Crippen LogP contribution < -0.4 is 10.6 Å². The van der Waals surface area contributed by atoms with Crippen LogP contribution in [0.25, 0.3) is 0 Å². The monoisotopic (exact) mass is 343 g/mol. The summed E-state index contributed by atoms with van der Waals surface area (Å²) in [6.07, 6.45) is -2.65. The van der Waals surface area contributed by atoms with Crippen LogP contribution in [0.5, 0.6) is 0 Å². The van der Waals surface area contributed by atoms with Gasteiger partial charge >= 0.3 is 18.0 Å². The molecule has 0 aliphatic carbocycles. The van der Waals surface area contributed by atoms with Gasteiger partial charge in [-0.1, -0.05) is 19.1 Å². The molecule has 132 valence electrons. The molecule has 0 unspecified atom stereocenters. The van der Waals surface area contributed by atoms with E-state index in [2.05, 4.69) is 10.2 Å². The van der Waals surface area contributed by atoms with Gasteiger partial charge in [-0.2, -0.15) is 13.2 Å². The van der Waals surface area contributed by atoms with E-state index in [0.717, 1.165) is 38.1 Å². The van der Waals surface area contributed by atoms with Gasteiger partial charge in [0.25, 0.3) is 0 Å². The van der Waals surface area contributed by atoms with Crippen molar-refractivity contribution in [2.75, 3.05) is 25.0 Å².